The van der Waals surface area contributed by atoms with Gasteiger partial charge >= 0.3 is 0 Å². The molecule has 1 aromatic rings. The Morgan fingerprint density at radius 1 is 1.29 bits per heavy atom. The number of nitrogens with zero attached hydrogens (tertiary/aromatic N) is 1. The average Bonchev–Trinajstić information content (AvgIpc) is 2.44. The smallest absolute Gasteiger partial charge is 0.251 e. The highest BCUT2D eigenvalue weighted by Crippen LogP contribution is 2.28. The molecular formula is C16H23N3O2. The first-order chi connectivity index (χ1) is 9.87. The summed E-state index contributed by atoms with van der Waals surface area (Å²) in [7, 11) is 0. The second-order valence-corrected chi connectivity index (χ2v) is 6.39. The van der Waals surface area contributed by atoms with Crippen molar-refractivity contribution in [3.63, 3.8) is 0 Å². The Labute approximate surface area is 125 Å². The predicted octanol–water partition coefficient (Wildman–Crippen LogP) is 1.65. The standard InChI is InChI=1S/C16H23N3O2/c1-16(2)8-3-9-19(11-16)14(20)10-18-15(21)12-4-6-13(17)7-5-12/h4-7H,3,8-11,17H2,1-2H3,(H,18,21). The van der Waals surface area contributed by atoms with Crippen molar-refractivity contribution in [2.45, 2.75) is 26.7 Å². The first-order valence-corrected chi connectivity index (χ1v) is 7.29. The molecule has 5 heteroatoms. The van der Waals surface area contributed by atoms with Gasteiger partial charge in [-0.2, -0.15) is 0 Å². The van der Waals surface area contributed by atoms with Crippen LogP contribution in [0.4, 0.5) is 5.69 Å². The van der Waals surface area contributed by atoms with Crippen LogP contribution in [0.2, 0.25) is 0 Å². The molecule has 0 aliphatic carbocycles. The molecule has 114 valence electrons. The van der Waals surface area contributed by atoms with E-state index in [2.05, 4.69) is 19.2 Å². The lowest BCUT2D eigenvalue weighted by Crippen LogP contribution is -2.47. The summed E-state index contributed by atoms with van der Waals surface area (Å²) in [6.07, 6.45) is 2.15. The Morgan fingerprint density at radius 3 is 2.57 bits per heavy atom. The van der Waals surface area contributed by atoms with Gasteiger partial charge in [-0.25, -0.2) is 0 Å². The largest absolute Gasteiger partial charge is 0.399 e. The minimum absolute atomic E-state index is 0.0217. The van der Waals surface area contributed by atoms with Gasteiger partial charge in [0.05, 0.1) is 6.54 Å². The molecule has 1 saturated heterocycles. The van der Waals surface area contributed by atoms with Crippen LogP contribution in [0.3, 0.4) is 0 Å². The number of nitrogen functional groups attached to an aromatic ring is 1. The Balaban J connectivity index is 1.86. The topological polar surface area (TPSA) is 75.4 Å². The third-order valence-corrected chi connectivity index (χ3v) is 3.83. The molecule has 0 radical (unpaired) electrons. The monoisotopic (exact) mass is 289 g/mol. The molecule has 1 heterocycles. The number of likely N-dealkylation sites (tertiary alicyclic amines) is 1. The number of carbonyl (C=O) groups excluding carboxylic acids is 2. The van der Waals surface area contributed by atoms with E-state index in [0.717, 1.165) is 25.9 Å². The molecule has 0 unspecified atom stereocenters. The fourth-order valence-corrected chi connectivity index (χ4v) is 2.64. The summed E-state index contributed by atoms with van der Waals surface area (Å²) in [5.74, 6) is -0.272. The molecule has 0 spiro atoms. The molecule has 0 atom stereocenters. The van der Waals surface area contributed by atoms with Gasteiger partial charge < -0.3 is 16.0 Å². The first kappa shape index (κ1) is 15.4. The number of anilines is 1. The number of nitrogens with one attached hydrogen (secondary N) is 1. The molecule has 3 N–H and O–H groups in total. The van der Waals surface area contributed by atoms with E-state index in [1.165, 1.54) is 0 Å². The van der Waals surface area contributed by atoms with Crippen LogP contribution < -0.4 is 11.1 Å². The molecule has 1 aromatic carbocycles. The third kappa shape index (κ3) is 4.21. The van der Waals surface area contributed by atoms with E-state index < -0.39 is 0 Å². The second kappa shape index (κ2) is 6.16. The van der Waals surface area contributed by atoms with Crippen molar-refractivity contribution in [2.75, 3.05) is 25.4 Å². The van der Waals surface area contributed by atoms with Gasteiger partial charge in [0, 0.05) is 24.3 Å². The van der Waals surface area contributed by atoms with E-state index in [1.54, 1.807) is 24.3 Å². The highest BCUT2D eigenvalue weighted by molar-refractivity contribution is 5.96. The van der Waals surface area contributed by atoms with E-state index in [9.17, 15) is 9.59 Å². The maximum atomic E-state index is 12.2. The van der Waals surface area contributed by atoms with Crippen molar-refractivity contribution < 1.29 is 9.59 Å². The molecule has 5 nitrogen and oxygen atoms in total. The minimum Gasteiger partial charge on any atom is -0.399 e. The van der Waals surface area contributed by atoms with Crippen LogP contribution >= 0.6 is 0 Å². The Bertz CT molecular complexity index is 523. The second-order valence-electron chi connectivity index (χ2n) is 6.39. The lowest BCUT2D eigenvalue weighted by atomic mass is 9.84. The summed E-state index contributed by atoms with van der Waals surface area (Å²) in [5, 5.41) is 2.67. The van der Waals surface area contributed by atoms with Gasteiger partial charge in [-0.15, -0.1) is 0 Å². The van der Waals surface area contributed by atoms with Crippen LogP contribution in [0.25, 0.3) is 0 Å². The number of hydrogen-bond donors (Lipinski definition) is 2. The van der Waals surface area contributed by atoms with Crippen molar-refractivity contribution >= 4 is 17.5 Å². The van der Waals surface area contributed by atoms with Crippen molar-refractivity contribution in [3.8, 4) is 0 Å². The molecule has 1 aliphatic heterocycles. The number of hydrogen-bond acceptors (Lipinski definition) is 3. The zero-order valence-electron chi connectivity index (χ0n) is 12.7. The van der Waals surface area contributed by atoms with Gasteiger partial charge in [0.2, 0.25) is 5.91 Å². The molecule has 2 amide bonds. The normalized spacial score (nSPS) is 17.3. The van der Waals surface area contributed by atoms with Crippen molar-refractivity contribution in [3.05, 3.63) is 29.8 Å². The van der Waals surface area contributed by atoms with Crippen LogP contribution in [0.1, 0.15) is 37.0 Å². The van der Waals surface area contributed by atoms with Crippen LogP contribution in [-0.4, -0.2) is 36.3 Å². The summed E-state index contributed by atoms with van der Waals surface area (Å²) in [5.41, 5.74) is 6.86. The highest BCUT2D eigenvalue weighted by Gasteiger charge is 2.28. The average molecular weight is 289 g/mol. The van der Waals surface area contributed by atoms with Crippen LogP contribution in [0.15, 0.2) is 24.3 Å². The number of nitrogens with two attached hydrogens (primary N) is 1. The minimum atomic E-state index is -0.250. The maximum Gasteiger partial charge on any atom is 0.251 e. The Morgan fingerprint density at radius 2 is 1.95 bits per heavy atom. The molecule has 0 saturated carbocycles. The summed E-state index contributed by atoms with van der Waals surface area (Å²) in [4.78, 5) is 26.0. The maximum absolute atomic E-state index is 12.2. The lowest BCUT2D eigenvalue weighted by molar-refractivity contribution is -0.133. The van der Waals surface area contributed by atoms with Gasteiger partial charge in [-0.05, 0) is 42.5 Å². The molecule has 0 aromatic heterocycles. The van der Waals surface area contributed by atoms with E-state index in [4.69, 9.17) is 5.73 Å². The number of rotatable bonds is 3. The zero-order valence-corrected chi connectivity index (χ0v) is 12.7. The fraction of sp³-hybridized carbons (Fsp3) is 0.500. The quantitative estimate of drug-likeness (QED) is 0.831. The number of carbonyl (C=O) groups is 2. The summed E-state index contributed by atoms with van der Waals surface area (Å²) < 4.78 is 0. The molecule has 0 bridgehead atoms. The van der Waals surface area contributed by atoms with Gasteiger partial charge in [0.25, 0.3) is 5.91 Å². The van der Waals surface area contributed by atoms with Crippen LogP contribution in [0.5, 0.6) is 0 Å². The Hall–Kier alpha value is -2.04. The van der Waals surface area contributed by atoms with Crippen molar-refractivity contribution in [1.82, 2.24) is 10.2 Å². The van der Waals surface area contributed by atoms with Gasteiger partial charge in [-0.1, -0.05) is 13.8 Å². The third-order valence-electron chi connectivity index (χ3n) is 3.83. The number of piperidine rings is 1. The first-order valence-electron chi connectivity index (χ1n) is 7.29. The van der Waals surface area contributed by atoms with Crippen molar-refractivity contribution in [1.29, 1.82) is 0 Å². The van der Waals surface area contributed by atoms with Gasteiger partial charge in [-0.3, -0.25) is 9.59 Å². The van der Waals surface area contributed by atoms with Crippen LogP contribution in [0, 0.1) is 5.41 Å². The Kier molecular flexibility index (Phi) is 4.50. The summed E-state index contributed by atoms with van der Waals surface area (Å²) in [6, 6.07) is 6.64. The molecule has 1 aliphatic rings. The van der Waals surface area contributed by atoms with E-state index in [0.29, 0.717) is 11.3 Å². The number of amides is 2. The molecular weight excluding hydrogens is 266 g/mol. The molecule has 21 heavy (non-hydrogen) atoms. The fourth-order valence-electron chi connectivity index (χ4n) is 2.64. The van der Waals surface area contributed by atoms with Crippen molar-refractivity contribution in [2.24, 2.45) is 5.41 Å². The van der Waals surface area contributed by atoms with E-state index in [-0.39, 0.29) is 23.8 Å². The summed E-state index contributed by atoms with van der Waals surface area (Å²) >= 11 is 0. The zero-order chi connectivity index (χ0) is 15.5. The van der Waals surface area contributed by atoms with Gasteiger partial charge in [0.15, 0.2) is 0 Å². The highest BCUT2D eigenvalue weighted by atomic mass is 16.2. The van der Waals surface area contributed by atoms with Crippen LogP contribution in [-0.2, 0) is 4.79 Å². The summed E-state index contributed by atoms with van der Waals surface area (Å²) in [6.45, 7) is 5.90. The molecule has 1 fully saturated rings. The predicted molar refractivity (Wildman–Crippen MR) is 82.8 cm³/mol. The lowest BCUT2D eigenvalue weighted by Gasteiger charge is -2.38. The van der Waals surface area contributed by atoms with Gasteiger partial charge in [0.1, 0.15) is 0 Å². The van der Waals surface area contributed by atoms with E-state index >= 15 is 0 Å². The number of benzene rings is 1. The SMILES string of the molecule is CC1(C)CCCN(C(=O)CNC(=O)c2ccc(N)cc2)C1. The van der Waals surface area contributed by atoms with E-state index in [1.807, 2.05) is 4.90 Å². The molecule has 2 rings (SSSR count).